The highest BCUT2D eigenvalue weighted by Crippen LogP contribution is 2.54. The molecule has 0 amide bonds. The molecule has 0 aliphatic heterocycles. The van der Waals surface area contributed by atoms with E-state index in [1.807, 2.05) is 0 Å². The second-order valence-electron chi connectivity index (χ2n) is 10.4. The second-order valence-corrected chi connectivity index (χ2v) is 14.9. The van der Waals surface area contributed by atoms with Crippen LogP contribution in [0.2, 0.25) is 0 Å². The van der Waals surface area contributed by atoms with Gasteiger partial charge in [-0.2, -0.15) is 0 Å². The minimum atomic E-state index is -0.424. The van der Waals surface area contributed by atoms with Crippen LogP contribution in [0.3, 0.4) is 0 Å². The summed E-state index contributed by atoms with van der Waals surface area (Å²) in [6, 6.07) is 36.6. The average Bonchev–Trinajstić information content (AvgIpc) is 3.33. The van der Waals surface area contributed by atoms with E-state index < -0.39 is 7.92 Å². The minimum Gasteiger partial charge on any atom is -0.0622 e. The monoisotopic (exact) mass is 508 g/mol. The topological polar surface area (TPSA) is 0 Å². The molecule has 1 saturated carbocycles. The first kappa shape index (κ1) is 25.4. The molecule has 2 heteroatoms. The van der Waals surface area contributed by atoms with E-state index in [0.29, 0.717) is 0 Å². The Labute approximate surface area is 220 Å². The Kier molecular flexibility index (Phi) is 8.06. The summed E-state index contributed by atoms with van der Waals surface area (Å²) in [4.78, 5) is 0. The predicted molar refractivity (Wildman–Crippen MR) is 163 cm³/mol. The van der Waals surface area contributed by atoms with Gasteiger partial charge in [0.2, 0.25) is 0 Å². The zero-order valence-electron chi connectivity index (χ0n) is 22.1. The molecule has 5 rings (SSSR count). The molecule has 0 bridgehead atoms. The lowest BCUT2D eigenvalue weighted by Crippen LogP contribution is -2.30. The van der Waals surface area contributed by atoms with E-state index >= 15 is 0 Å². The fourth-order valence-electron chi connectivity index (χ4n) is 6.27. The van der Waals surface area contributed by atoms with Gasteiger partial charge in [0.1, 0.15) is 0 Å². The molecule has 0 nitrogen and oxygen atoms in total. The van der Waals surface area contributed by atoms with Crippen molar-refractivity contribution < 1.29 is 0 Å². The molecule has 1 aliphatic carbocycles. The van der Waals surface area contributed by atoms with Crippen LogP contribution in [0.4, 0.5) is 0 Å². The summed E-state index contributed by atoms with van der Waals surface area (Å²) in [6.45, 7) is 9.33. The Balaban J connectivity index is 1.58. The standard InChI is InChI=1S/C34H38P2/c1-25-14-11-15-26(2)33(25)35(34-27(3)16-12-17-28(34)4)24-29-18-13-23-32(29)36(30-19-7-5-8-20-30)31-21-9-6-10-22-31/h5-12,14-17,19-22,29,32H,13,18,23-24H2,1-4H3. The van der Waals surface area contributed by atoms with Crippen LogP contribution in [0.25, 0.3) is 0 Å². The number of hydrogen-bond donors (Lipinski definition) is 0. The van der Waals surface area contributed by atoms with E-state index in [1.54, 1.807) is 21.2 Å². The van der Waals surface area contributed by atoms with Crippen molar-refractivity contribution >= 4 is 37.1 Å². The Bertz CT molecular complexity index is 1160. The van der Waals surface area contributed by atoms with Crippen molar-refractivity contribution in [3.63, 3.8) is 0 Å². The predicted octanol–water partition coefficient (Wildman–Crippen LogP) is 7.65. The summed E-state index contributed by atoms with van der Waals surface area (Å²) < 4.78 is 0. The summed E-state index contributed by atoms with van der Waals surface area (Å²) in [5.41, 5.74) is 6.60. The van der Waals surface area contributed by atoms with Crippen LogP contribution >= 0.6 is 15.8 Å². The molecule has 0 radical (unpaired) electrons. The molecule has 2 unspecified atom stereocenters. The summed E-state index contributed by atoms with van der Waals surface area (Å²) in [5, 5.41) is 6.33. The SMILES string of the molecule is Cc1cccc(C)c1P(CC1CCCC1P(c1ccccc1)c1ccccc1)c1c(C)cccc1C. The van der Waals surface area contributed by atoms with Crippen LogP contribution in [0.1, 0.15) is 41.5 Å². The Morgan fingerprint density at radius 1 is 0.556 bits per heavy atom. The first-order chi connectivity index (χ1) is 17.5. The van der Waals surface area contributed by atoms with Crippen LogP contribution in [0, 0.1) is 33.6 Å². The molecule has 4 aromatic carbocycles. The van der Waals surface area contributed by atoms with Crippen molar-refractivity contribution in [3.8, 4) is 0 Å². The molecule has 36 heavy (non-hydrogen) atoms. The van der Waals surface area contributed by atoms with Crippen LogP contribution in [0.15, 0.2) is 97.1 Å². The van der Waals surface area contributed by atoms with Crippen molar-refractivity contribution in [2.75, 3.05) is 6.16 Å². The number of benzene rings is 4. The van der Waals surface area contributed by atoms with Crippen molar-refractivity contribution in [1.82, 2.24) is 0 Å². The van der Waals surface area contributed by atoms with E-state index in [0.717, 1.165) is 11.6 Å². The fourth-order valence-corrected chi connectivity index (χ4v) is 13.1. The van der Waals surface area contributed by atoms with Gasteiger partial charge in [-0.25, -0.2) is 0 Å². The maximum atomic E-state index is 2.38. The lowest BCUT2D eigenvalue weighted by molar-refractivity contribution is 0.630. The summed E-state index contributed by atoms with van der Waals surface area (Å²) in [6.07, 6.45) is 5.37. The van der Waals surface area contributed by atoms with Crippen molar-refractivity contribution in [1.29, 1.82) is 0 Å². The summed E-state index contributed by atoms with van der Waals surface area (Å²) in [5.74, 6) is 0.751. The molecule has 1 fully saturated rings. The van der Waals surface area contributed by atoms with Crippen LogP contribution in [-0.2, 0) is 0 Å². The third-order valence-electron chi connectivity index (χ3n) is 7.86. The molecule has 0 aromatic heterocycles. The smallest absolute Gasteiger partial charge is 0.00969 e. The molecule has 0 spiro atoms. The number of rotatable bonds is 7. The third kappa shape index (κ3) is 5.23. The highest BCUT2D eigenvalue weighted by molar-refractivity contribution is 7.74. The summed E-state index contributed by atoms with van der Waals surface area (Å²) in [7, 11) is -0.804. The Hall–Kier alpha value is -2.26. The molecule has 4 aromatic rings. The first-order valence-electron chi connectivity index (χ1n) is 13.3. The molecule has 0 heterocycles. The summed E-state index contributed by atoms with van der Waals surface area (Å²) >= 11 is 0. The number of hydrogen-bond acceptors (Lipinski definition) is 0. The van der Waals surface area contributed by atoms with E-state index in [2.05, 4.69) is 125 Å². The van der Waals surface area contributed by atoms with Gasteiger partial charge in [0.25, 0.3) is 0 Å². The van der Waals surface area contributed by atoms with Gasteiger partial charge < -0.3 is 0 Å². The normalized spacial score (nSPS) is 17.7. The van der Waals surface area contributed by atoms with Gasteiger partial charge in [0, 0.05) is 0 Å². The largest absolute Gasteiger partial charge is 0.0622 e. The Morgan fingerprint density at radius 3 is 1.44 bits per heavy atom. The molecule has 0 N–H and O–H groups in total. The molecular formula is C34H38P2. The van der Waals surface area contributed by atoms with Gasteiger partial charge in [-0.05, 0) is 118 Å². The second kappa shape index (κ2) is 11.4. The van der Waals surface area contributed by atoms with Crippen molar-refractivity contribution in [2.45, 2.75) is 52.6 Å². The van der Waals surface area contributed by atoms with Crippen molar-refractivity contribution in [3.05, 3.63) is 119 Å². The van der Waals surface area contributed by atoms with E-state index in [-0.39, 0.29) is 7.92 Å². The quantitative estimate of drug-likeness (QED) is 0.225. The maximum absolute atomic E-state index is 2.38. The van der Waals surface area contributed by atoms with E-state index in [4.69, 9.17) is 0 Å². The van der Waals surface area contributed by atoms with Crippen molar-refractivity contribution in [2.24, 2.45) is 5.92 Å². The molecule has 184 valence electrons. The van der Waals surface area contributed by atoms with Gasteiger partial charge in [0.15, 0.2) is 0 Å². The van der Waals surface area contributed by atoms with Crippen LogP contribution in [0.5, 0.6) is 0 Å². The molecule has 0 saturated heterocycles. The zero-order valence-corrected chi connectivity index (χ0v) is 23.9. The average molecular weight is 509 g/mol. The van der Waals surface area contributed by atoms with Gasteiger partial charge in [-0.3, -0.25) is 0 Å². The Morgan fingerprint density at radius 2 is 1.00 bits per heavy atom. The minimum absolute atomic E-state index is 0.380. The fraction of sp³-hybridized carbons (Fsp3) is 0.294. The highest BCUT2D eigenvalue weighted by Gasteiger charge is 2.37. The first-order valence-corrected chi connectivity index (χ1v) is 16.3. The highest BCUT2D eigenvalue weighted by atomic mass is 31.1. The lowest BCUT2D eigenvalue weighted by atomic mass is 10.1. The van der Waals surface area contributed by atoms with Crippen LogP contribution < -0.4 is 21.2 Å². The maximum Gasteiger partial charge on any atom is -0.00969 e. The molecular weight excluding hydrogens is 470 g/mol. The lowest BCUT2D eigenvalue weighted by Gasteiger charge is -2.34. The van der Waals surface area contributed by atoms with Gasteiger partial charge in [-0.1, -0.05) is 103 Å². The van der Waals surface area contributed by atoms with Crippen LogP contribution in [-0.4, -0.2) is 11.8 Å². The number of aryl methyl sites for hydroxylation is 4. The van der Waals surface area contributed by atoms with Gasteiger partial charge in [0.05, 0.1) is 0 Å². The van der Waals surface area contributed by atoms with Gasteiger partial charge >= 0.3 is 0 Å². The molecule has 2 atom stereocenters. The zero-order chi connectivity index (χ0) is 25.1. The molecule has 1 aliphatic rings. The van der Waals surface area contributed by atoms with E-state index in [9.17, 15) is 0 Å². The third-order valence-corrected chi connectivity index (χ3v) is 14.2. The van der Waals surface area contributed by atoms with Gasteiger partial charge in [-0.15, -0.1) is 0 Å². The van der Waals surface area contributed by atoms with E-state index in [1.165, 1.54) is 47.7 Å².